The Labute approximate surface area is 217 Å². The molecule has 0 unspecified atom stereocenters. The molecule has 2 heterocycles. The van der Waals surface area contributed by atoms with Gasteiger partial charge in [-0.3, -0.25) is 4.79 Å². The fourth-order valence-electron chi connectivity index (χ4n) is 4.52. The van der Waals surface area contributed by atoms with E-state index in [4.69, 9.17) is 28.2 Å². The van der Waals surface area contributed by atoms with Gasteiger partial charge < -0.3 is 14.7 Å². The third-order valence-electron chi connectivity index (χ3n) is 6.64. The molecule has 3 aromatic rings. The first kappa shape index (κ1) is 25.7. The van der Waals surface area contributed by atoms with E-state index in [0.717, 1.165) is 62.7 Å². The molecule has 1 amide bonds. The van der Waals surface area contributed by atoms with E-state index in [1.54, 1.807) is 6.07 Å². The Kier molecular flexibility index (Phi) is 8.82. The number of rotatable bonds is 9. The van der Waals surface area contributed by atoms with E-state index in [0.29, 0.717) is 34.9 Å². The summed E-state index contributed by atoms with van der Waals surface area (Å²) in [4.78, 5) is 29.2. The second-order valence-corrected chi connectivity index (χ2v) is 9.73. The van der Waals surface area contributed by atoms with Crippen molar-refractivity contribution >= 4 is 45.8 Å². The third kappa shape index (κ3) is 6.43. The number of amides is 1. The minimum absolute atomic E-state index is 0.190. The van der Waals surface area contributed by atoms with Crippen LogP contribution in [0.4, 0.5) is 5.82 Å². The van der Waals surface area contributed by atoms with E-state index >= 15 is 0 Å². The van der Waals surface area contributed by atoms with Crippen molar-refractivity contribution < 1.29 is 4.79 Å². The normalized spacial score (nSPS) is 14.5. The molecule has 186 valence electrons. The summed E-state index contributed by atoms with van der Waals surface area (Å²) >= 11 is 12.9. The molecule has 0 atom stereocenters. The number of hydrogen-bond acceptors (Lipinski definition) is 5. The molecule has 6 nitrogen and oxygen atoms in total. The average Bonchev–Trinajstić information content (AvgIpc) is 2.89. The summed E-state index contributed by atoms with van der Waals surface area (Å²) in [6.07, 6.45) is 1.96. The van der Waals surface area contributed by atoms with E-state index < -0.39 is 0 Å². The van der Waals surface area contributed by atoms with Crippen LogP contribution in [0.5, 0.6) is 0 Å². The summed E-state index contributed by atoms with van der Waals surface area (Å²) in [5.74, 6) is 1.70. The van der Waals surface area contributed by atoms with Crippen LogP contribution in [0.25, 0.3) is 10.9 Å². The van der Waals surface area contributed by atoms with Crippen LogP contribution in [0.2, 0.25) is 10.0 Å². The minimum atomic E-state index is 0.190. The van der Waals surface area contributed by atoms with Gasteiger partial charge in [0.15, 0.2) is 0 Å². The van der Waals surface area contributed by atoms with Crippen LogP contribution in [0, 0.1) is 0 Å². The largest absolute Gasteiger partial charge is 0.355 e. The van der Waals surface area contributed by atoms with Crippen LogP contribution in [-0.2, 0) is 17.6 Å². The number of piperazine rings is 1. The minimum Gasteiger partial charge on any atom is -0.355 e. The van der Waals surface area contributed by atoms with Crippen molar-refractivity contribution in [2.45, 2.75) is 33.1 Å². The van der Waals surface area contributed by atoms with Crippen LogP contribution in [0.15, 0.2) is 42.5 Å². The quantitative estimate of drug-likeness (QED) is 0.398. The number of benzene rings is 2. The first-order chi connectivity index (χ1) is 17.0. The lowest BCUT2D eigenvalue weighted by Gasteiger charge is -2.34. The molecule has 0 aliphatic carbocycles. The molecule has 1 fully saturated rings. The molecular formula is C27H33Cl2N5O. The van der Waals surface area contributed by atoms with Crippen molar-refractivity contribution in [3.63, 3.8) is 0 Å². The lowest BCUT2D eigenvalue weighted by atomic mass is 10.1. The van der Waals surface area contributed by atoms with Crippen molar-refractivity contribution in [3.05, 3.63) is 63.9 Å². The van der Waals surface area contributed by atoms with Gasteiger partial charge in [0, 0.05) is 62.5 Å². The van der Waals surface area contributed by atoms with E-state index in [9.17, 15) is 4.79 Å². The number of aromatic nitrogens is 2. The number of nitrogens with zero attached hydrogens (tertiary/aromatic N) is 5. The number of fused-ring (bicyclic) bond motifs is 1. The van der Waals surface area contributed by atoms with Crippen LogP contribution in [-0.4, -0.2) is 71.5 Å². The zero-order valence-electron chi connectivity index (χ0n) is 20.5. The van der Waals surface area contributed by atoms with Crippen LogP contribution in [0.1, 0.15) is 31.7 Å². The molecule has 0 N–H and O–H groups in total. The Bertz CT molecular complexity index is 1150. The number of aryl methyl sites for hydroxylation is 1. The topological polar surface area (TPSA) is 52.6 Å². The van der Waals surface area contributed by atoms with Crippen molar-refractivity contribution in [3.8, 4) is 0 Å². The van der Waals surface area contributed by atoms with Gasteiger partial charge in [0.25, 0.3) is 0 Å². The number of carbonyl (C=O) groups is 1. The number of hydrogen-bond donors (Lipinski definition) is 0. The highest BCUT2D eigenvalue weighted by molar-refractivity contribution is 6.38. The number of carbonyl (C=O) groups excluding carboxylic acids is 1. The summed E-state index contributed by atoms with van der Waals surface area (Å²) in [7, 11) is 0. The maximum atomic E-state index is 13.1. The lowest BCUT2D eigenvalue weighted by molar-refractivity contribution is -0.132. The second kappa shape index (κ2) is 12.0. The van der Waals surface area contributed by atoms with E-state index in [2.05, 4.69) is 33.8 Å². The predicted molar refractivity (Wildman–Crippen MR) is 145 cm³/mol. The van der Waals surface area contributed by atoms with Gasteiger partial charge in [-0.25, -0.2) is 9.97 Å². The Balaban J connectivity index is 1.60. The predicted octanol–water partition coefficient (Wildman–Crippen LogP) is 5.10. The molecule has 1 aromatic heterocycles. The number of anilines is 1. The van der Waals surface area contributed by atoms with Crippen molar-refractivity contribution in [1.29, 1.82) is 0 Å². The summed E-state index contributed by atoms with van der Waals surface area (Å²) in [5, 5.41) is 1.87. The van der Waals surface area contributed by atoms with Crippen molar-refractivity contribution in [1.82, 2.24) is 19.8 Å². The number of likely N-dealkylation sites (N-methyl/N-ethyl adjacent to an activating group) is 1. The van der Waals surface area contributed by atoms with E-state index in [1.807, 2.05) is 36.1 Å². The molecule has 0 bridgehead atoms. The van der Waals surface area contributed by atoms with Gasteiger partial charge in [-0.05, 0) is 30.7 Å². The SMILES string of the molecule is CCc1nc(N(CCC(=O)N2CCN(CC)CC2)CCc2ccccc2)c2cc(Cl)cc(Cl)c2n1. The molecule has 0 radical (unpaired) electrons. The molecule has 1 saturated heterocycles. The zero-order valence-corrected chi connectivity index (χ0v) is 22.0. The molecule has 4 rings (SSSR count). The van der Waals surface area contributed by atoms with Crippen LogP contribution >= 0.6 is 23.2 Å². The highest BCUT2D eigenvalue weighted by Crippen LogP contribution is 2.32. The third-order valence-corrected chi connectivity index (χ3v) is 7.15. The maximum Gasteiger partial charge on any atom is 0.224 e. The lowest BCUT2D eigenvalue weighted by Crippen LogP contribution is -2.49. The first-order valence-corrected chi connectivity index (χ1v) is 13.2. The molecule has 8 heteroatoms. The van der Waals surface area contributed by atoms with Gasteiger partial charge in [0.2, 0.25) is 5.91 Å². The summed E-state index contributed by atoms with van der Waals surface area (Å²) in [6, 6.07) is 14.0. The monoisotopic (exact) mass is 513 g/mol. The first-order valence-electron chi connectivity index (χ1n) is 12.4. The van der Waals surface area contributed by atoms with Crippen LogP contribution < -0.4 is 4.90 Å². The fraction of sp³-hybridized carbons (Fsp3) is 0.444. The molecule has 0 spiro atoms. The molecule has 1 aliphatic rings. The average molecular weight is 515 g/mol. The zero-order chi connectivity index (χ0) is 24.8. The molecule has 2 aromatic carbocycles. The summed E-state index contributed by atoms with van der Waals surface area (Å²) in [5.41, 5.74) is 1.94. The Morgan fingerprint density at radius 2 is 1.74 bits per heavy atom. The van der Waals surface area contributed by atoms with E-state index in [-0.39, 0.29) is 5.91 Å². The second-order valence-electron chi connectivity index (χ2n) is 8.89. The van der Waals surface area contributed by atoms with Gasteiger partial charge >= 0.3 is 0 Å². The molecule has 35 heavy (non-hydrogen) atoms. The Hall–Kier alpha value is -2.41. The van der Waals surface area contributed by atoms with Crippen LogP contribution in [0.3, 0.4) is 0 Å². The molecule has 1 aliphatic heterocycles. The Morgan fingerprint density at radius 3 is 2.43 bits per heavy atom. The molecule has 0 saturated carbocycles. The maximum absolute atomic E-state index is 13.1. The van der Waals surface area contributed by atoms with Gasteiger partial charge in [0.05, 0.1) is 10.5 Å². The van der Waals surface area contributed by atoms with Gasteiger partial charge in [-0.2, -0.15) is 0 Å². The smallest absolute Gasteiger partial charge is 0.224 e. The highest BCUT2D eigenvalue weighted by Gasteiger charge is 2.22. The standard InChI is InChI=1S/C27H33Cl2N5O/c1-3-24-30-26-22(18-21(28)19-23(26)29)27(31-24)34(12-10-20-8-6-5-7-9-20)13-11-25(35)33-16-14-32(4-2)15-17-33/h5-9,18-19H,3-4,10-17H2,1-2H3. The number of halogens is 2. The van der Waals surface area contributed by atoms with E-state index in [1.165, 1.54) is 5.56 Å². The van der Waals surface area contributed by atoms with Gasteiger partial charge in [-0.15, -0.1) is 0 Å². The van der Waals surface area contributed by atoms with Crippen molar-refractivity contribution in [2.75, 3.05) is 50.7 Å². The van der Waals surface area contributed by atoms with Gasteiger partial charge in [-0.1, -0.05) is 67.4 Å². The summed E-state index contributed by atoms with van der Waals surface area (Å²) in [6.45, 7) is 9.97. The Morgan fingerprint density at radius 1 is 1.00 bits per heavy atom. The molecular weight excluding hydrogens is 481 g/mol. The highest BCUT2D eigenvalue weighted by atomic mass is 35.5. The van der Waals surface area contributed by atoms with Crippen molar-refractivity contribution in [2.24, 2.45) is 0 Å². The summed E-state index contributed by atoms with van der Waals surface area (Å²) < 4.78 is 0. The fourth-order valence-corrected chi connectivity index (χ4v) is 5.06. The van der Waals surface area contributed by atoms with Gasteiger partial charge in [0.1, 0.15) is 11.6 Å².